The molecule has 126 valence electrons. The SMILES string of the molecule is COCC1(C(=O)O)CCCN(C(=O)C(OC)c2ccccc2)C1. The summed E-state index contributed by atoms with van der Waals surface area (Å²) in [6, 6.07) is 9.22. The van der Waals surface area contributed by atoms with Gasteiger partial charge in [0, 0.05) is 27.3 Å². The number of methoxy groups -OCH3 is 2. The number of carbonyl (C=O) groups excluding carboxylic acids is 1. The Morgan fingerprint density at radius 3 is 2.57 bits per heavy atom. The van der Waals surface area contributed by atoms with Crippen LogP contribution in [0.5, 0.6) is 0 Å². The lowest BCUT2D eigenvalue weighted by Gasteiger charge is -2.40. The van der Waals surface area contributed by atoms with E-state index in [0.717, 1.165) is 5.56 Å². The van der Waals surface area contributed by atoms with Crippen LogP contribution < -0.4 is 0 Å². The van der Waals surface area contributed by atoms with Crippen LogP contribution in [0.1, 0.15) is 24.5 Å². The third kappa shape index (κ3) is 3.71. The fourth-order valence-electron chi connectivity index (χ4n) is 3.12. The molecule has 6 nitrogen and oxygen atoms in total. The van der Waals surface area contributed by atoms with Crippen molar-refractivity contribution in [2.75, 3.05) is 33.9 Å². The summed E-state index contributed by atoms with van der Waals surface area (Å²) in [6.07, 6.45) is 0.415. The average Bonchev–Trinajstić information content (AvgIpc) is 2.57. The summed E-state index contributed by atoms with van der Waals surface area (Å²) < 4.78 is 10.5. The van der Waals surface area contributed by atoms with Gasteiger partial charge in [0.15, 0.2) is 6.10 Å². The minimum Gasteiger partial charge on any atom is -0.481 e. The van der Waals surface area contributed by atoms with Gasteiger partial charge in [-0.3, -0.25) is 9.59 Å². The first kappa shape index (κ1) is 17.4. The summed E-state index contributed by atoms with van der Waals surface area (Å²) in [4.78, 5) is 26.1. The Balaban J connectivity index is 2.19. The molecule has 1 heterocycles. The molecule has 2 unspecified atom stereocenters. The molecule has 1 aliphatic rings. The molecule has 0 saturated carbocycles. The molecule has 0 aromatic heterocycles. The lowest BCUT2D eigenvalue weighted by Crippen LogP contribution is -2.53. The predicted octanol–water partition coefficient (Wildman–Crippen LogP) is 1.71. The number of carboxylic acid groups (broad SMARTS) is 1. The molecule has 1 aromatic rings. The van der Waals surface area contributed by atoms with E-state index in [-0.39, 0.29) is 19.1 Å². The van der Waals surface area contributed by atoms with Crippen molar-refractivity contribution in [2.24, 2.45) is 5.41 Å². The second kappa shape index (κ2) is 7.57. The largest absolute Gasteiger partial charge is 0.481 e. The molecule has 1 saturated heterocycles. The molecular weight excluding hydrogens is 298 g/mol. The molecule has 23 heavy (non-hydrogen) atoms. The zero-order valence-corrected chi connectivity index (χ0v) is 13.5. The van der Waals surface area contributed by atoms with Crippen LogP contribution in [0.4, 0.5) is 0 Å². The summed E-state index contributed by atoms with van der Waals surface area (Å²) in [5.41, 5.74) is -0.282. The number of amides is 1. The third-order valence-corrected chi connectivity index (χ3v) is 4.33. The lowest BCUT2D eigenvalue weighted by molar-refractivity contribution is -0.161. The standard InChI is InChI=1S/C17H23NO5/c1-22-12-17(16(20)21)9-6-10-18(11-17)15(19)14(23-2)13-7-4-3-5-8-13/h3-5,7-8,14H,6,9-12H2,1-2H3,(H,20,21). The van der Waals surface area contributed by atoms with Crippen LogP contribution in [0.25, 0.3) is 0 Å². The van der Waals surface area contributed by atoms with Crippen LogP contribution in [-0.2, 0) is 19.1 Å². The molecule has 2 rings (SSSR count). The van der Waals surface area contributed by atoms with Crippen molar-refractivity contribution in [3.05, 3.63) is 35.9 Å². The van der Waals surface area contributed by atoms with Crippen LogP contribution in [0.3, 0.4) is 0 Å². The zero-order chi connectivity index (χ0) is 16.9. The topological polar surface area (TPSA) is 76.1 Å². The van der Waals surface area contributed by atoms with Crippen LogP contribution >= 0.6 is 0 Å². The van der Waals surface area contributed by atoms with Gasteiger partial charge in [-0.25, -0.2) is 0 Å². The quantitative estimate of drug-likeness (QED) is 0.863. The number of piperidine rings is 1. The number of hydrogen-bond acceptors (Lipinski definition) is 4. The summed E-state index contributed by atoms with van der Waals surface area (Å²) in [5.74, 6) is -1.13. The molecule has 0 radical (unpaired) electrons. The van der Waals surface area contributed by atoms with Gasteiger partial charge in [0.25, 0.3) is 5.91 Å². The number of benzene rings is 1. The normalized spacial score (nSPS) is 22.6. The van der Waals surface area contributed by atoms with Gasteiger partial charge < -0.3 is 19.5 Å². The molecule has 6 heteroatoms. The molecule has 0 bridgehead atoms. The highest BCUT2D eigenvalue weighted by Crippen LogP contribution is 2.32. The molecule has 0 aliphatic carbocycles. The second-order valence-electron chi connectivity index (χ2n) is 5.91. The molecule has 1 fully saturated rings. The highest BCUT2D eigenvalue weighted by Gasteiger charge is 2.44. The molecule has 0 spiro atoms. The number of aliphatic carboxylic acids is 1. The van der Waals surface area contributed by atoms with Gasteiger partial charge in [0.2, 0.25) is 0 Å². The third-order valence-electron chi connectivity index (χ3n) is 4.33. The highest BCUT2D eigenvalue weighted by molar-refractivity contribution is 5.84. The summed E-state index contributed by atoms with van der Waals surface area (Å²) in [6.45, 7) is 0.765. The number of nitrogens with zero attached hydrogens (tertiary/aromatic N) is 1. The maximum absolute atomic E-state index is 12.8. The van der Waals surface area contributed by atoms with E-state index in [1.54, 1.807) is 4.90 Å². The van der Waals surface area contributed by atoms with E-state index < -0.39 is 17.5 Å². The fraction of sp³-hybridized carbons (Fsp3) is 0.529. The summed E-state index contributed by atoms with van der Waals surface area (Å²) in [5, 5.41) is 9.58. The first-order valence-corrected chi connectivity index (χ1v) is 7.63. The lowest BCUT2D eigenvalue weighted by atomic mass is 9.80. The Morgan fingerprint density at radius 2 is 2.00 bits per heavy atom. The number of likely N-dealkylation sites (tertiary alicyclic amines) is 1. The zero-order valence-electron chi connectivity index (χ0n) is 13.5. The number of carboxylic acids is 1. The number of hydrogen-bond donors (Lipinski definition) is 1. The van der Waals surface area contributed by atoms with Crippen LogP contribution in [0.2, 0.25) is 0 Å². The maximum atomic E-state index is 12.8. The van der Waals surface area contributed by atoms with E-state index in [1.807, 2.05) is 30.3 Å². The van der Waals surface area contributed by atoms with Gasteiger partial charge in [-0.1, -0.05) is 30.3 Å². The molecule has 2 atom stereocenters. The van der Waals surface area contributed by atoms with E-state index in [4.69, 9.17) is 9.47 Å². The molecule has 1 amide bonds. The van der Waals surface area contributed by atoms with E-state index in [0.29, 0.717) is 19.4 Å². The Hall–Kier alpha value is -1.92. The van der Waals surface area contributed by atoms with Crippen molar-refractivity contribution in [3.8, 4) is 0 Å². The summed E-state index contributed by atoms with van der Waals surface area (Å²) in [7, 11) is 2.96. The highest BCUT2D eigenvalue weighted by atomic mass is 16.5. The van der Waals surface area contributed by atoms with Gasteiger partial charge in [-0.15, -0.1) is 0 Å². The fourth-order valence-corrected chi connectivity index (χ4v) is 3.12. The molecule has 1 N–H and O–H groups in total. The van der Waals surface area contributed by atoms with Gasteiger partial charge in [-0.2, -0.15) is 0 Å². The Morgan fingerprint density at radius 1 is 1.30 bits per heavy atom. The summed E-state index contributed by atoms with van der Waals surface area (Å²) >= 11 is 0. The minimum atomic E-state index is -1.04. The minimum absolute atomic E-state index is 0.0924. The van der Waals surface area contributed by atoms with Gasteiger partial charge in [-0.05, 0) is 18.4 Å². The van der Waals surface area contributed by atoms with E-state index in [9.17, 15) is 14.7 Å². The van der Waals surface area contributed by atoms with Crippen molar-refractivity contribution in [2.45, 2.75) is 18.9 Å². The first-order valence-electron chi connectivity index (χ1n) is 7.63. The van der Waals surface area contributed by atoms with Crippen molar-refractivity contribution in [1.29, 1.82) is 0 Å². The smallest absolute Gasteiger partial charge is 0.313 e. The monoisotopic (exact) mass is 321 g/mol. The van der Waals surface area contributed by atoms with Crippen molar-refractivity contribution in [3.63, 3.8) is 0 Å². The molecule has 1 aromatic carbocycles. The van der Waals surface area contributed by atoms with E-state index in [2.05, 4.69) is 0 Å². The first-order chi connectivity index (χ1) is 11.0. The maximum Gasteiger partial charge on any atom is 0.313 e. The van der Waals surface area contributed by atoms with Crippen molar-refractivity contribution >= 4 is 11.9 Å². The van der Waals surface area contributed by atoms with Crippen LogP contribution in [0, 0.1) is 5.41 Å². The van der Waals surface area contributed by atoms with E-state index in [1.165, 1.54) is 14.2 Å². The number of carbonyl (C=O) groups is 2. The van der Waals surface area contributed by atoms with Gasteiger partial charge in [0.05, 0.1) is 6.61 Å². The van der Waals surface area contributed by atoms with Crippen LogP contribution in [-0.4, -0.2) is 55.8 Å². The van der Waals surface area contributed by atoms with Crippen LogP contribution in [0.15, 0.2) is 30.3 Å². The van der Waals surface area contributed by atoms with Gasteiger partial charge in [0.1, 0.15) is 5.41 Å². The second-order valence-corrected chi connectivity index (χ2v) is 5.91. The van der Waals surface area contributed by atoms with Crippen molar-refractivity contribution in [1.82, 2.24) is 4.90 Å². The average molecular weight is 321 g/mol. The Labute approximate surface area is 136 Å². The number of rotatable bonds is 6. The molecule has 1 aliphatic heterocycles. The number of ether oxygens (including phenoxy) is 2. The van der Waals surface area contributed by atoms with Gasteiger partial charge >= 0.3 is 5.97 Å². The molecular formula is C17H23NO5. The van der Waals surface area contributed by atoms with Crippen molar-refractivity contribution < 1.29 is 24.2 Å². The predicted molar refractivity (Wildman–Crippen MR) is 84.0 cm³/mol. The Kier molecular flexibility index (Phi) is 5.74. The Bertz CT molecular complexity index is 543. The van der Waals surface area contributed by atoms with E-state index >= 15 is 0 Å².